The van der Waals surface area contributed by atoms with Crippen LogP contribution in [-0.2, 0) is 0 Å². The first-order valence-corrected chi connectivity index (χ1v) is 5.37. The first-order chi connectivity index (χ1) is 7.33. The molecule has 2 N–H and O–H groups in total. The first-order valence-electron chi connectivity index (χ1n) is 5.37. The molecule has 1 rings (SSSR count). The summed E-state index contributed by atoms with van der Waals surface area (Å²) in [7, 11) is 0. The van der Waals surface area contributed by atoms with E-state index in [2.05, 4.69) is 6.58 Å². The minimum absolute atomic E-state index is 0.116. The van der Waals surface area contributed by atoms with E-state index in [0.717, 1.165) is 25.0 Å². The van der Waals surface area contributed by atoms with Crippen LogP contribution in [0.2, 0.25) is 0 Å². The number of rotatable bonds is 7. The van der Waals surface area contributed by atoms with Crippen LogP contribution in [0.15, 0.2) is 43.0 Å². The van der Waals surface area contributed by atoms with Gasteiger partial charge in [-0.05, 0) is 31.4 Å². The minimum Gasteiger partial charge on any atom is -0.492 e. The van der Waals surface area contributed by atoms with E-state index < -0.39 is 0 Å². The largest absolute Gasteiger partial charge is 0.492 e. The van der Waals surface area contributed by atoms with Gasteiger partial charge in [0.25, 0.3) is 0 Å². The molecule has 0 saturated carbocycles. The van der Waals surface area contributed by atoms with Crippen LogP contribution < -0.4 is 10.5 Å². The van der Waals surface area contributed by atoms with Crippen LogP contribution in [0.1, 0.15) is 19.3 Å². The summed E-state index contributed by atoms with van der Waals surface area (Å²) in [5.41, 5.74) is 5.90. The Kier molecular flexibility index (Phi) is 5.56. The third-order valence-electron chi connectivity index (χ3n) is 2.19. The first kappa shape index (κ1) is 11.8. The smallest absolute Gasteiger partial charge is 0.119 e. The lowest BCUT2D eigenvalue weighted by molar-refractivity contribution is 0.280. The molecule has 1 aromatic carbocycles. The van der Waals surface area contributed by atoms with Gasteiger partial charge in [-0.3, -0.25) is 0 Å². The Morgan fingerprint density at radius 1 is 1.33 bits per heavy atom. The van der Waals surface area contributed by atoms with Gasteiger partial charge in [-0.25, -0.2) is 0 Å². The zero-order valence-electron chi connectivity index (χ0n) is 9.06. The van der Waals surface area contributed by atoms with Gasteiger partial charge in [0.1, 0.15) is 12.4 Å². The summed E-state index contributed by atoms with van der Waals surface area (Å²) in [5.74, 6) is 0.886. The molecular formula is C13H19NO. The van der Waals surface area contributed by atoms with Crippen molar-refractivity contribution < 1.29 is 4.74 Å². The number of allylic oxidation sites excluding steroid dienone is 1. The van der Waals surface area contributed by atoms with Gasteiger partial charge in [-0.1, -0.05) is 24.3 Å². The number of hydrogen-bond donors (Lipinski definition) is 1. The Morgan fingerprint density at radius 3 is 2.73 bits per heavy atom. The van der Waals surface area contributed by atoms with Crippen molar-refractivity contribution >= 4 is 0 Å². The molecule has 1 aromatic rings. The molecule has 0 aromatic heterocycles. The number of hydrogen-bond acceptors (Lipinski definition) is 2. The Labute approximate surface area is 91.7 Å². The summed E-state index contributed by atoms with van der Waals surface area (Å²) in [6, 6.07) is 9.88. The van der Waals surface area contributed by atoms with Crippen molar-refractivity contribution in [3.05, 3.63) is 43.0 Å². The molecule has 82 valence electrons. The van der Waals surface area contributed by atoms with Crippen LogP contribution in [-0.4, -0.2) is 12.6 Å². The van der Waals surface area contributed by atoms with E-state index in [1.54, 1.807) is 0 Å². The third-order valence-corrected chi connectivity index (χ3v) is 2.19. The zero-order chi connectivity index (χ0) is 10.9. The van der Waals surface area contributed by atoms with E-state index in [4.69, 9.17) is 10.5 Å². The topological polar surface area (TPSA) is 35.2 Å². The monoisotopic (exact) mass is 205 g/mol. The van der Waals surface area contributed by atoms with Gasteiger partial charge in [0.05, 0.1) is 0 Å². The fourth-order valence-corrected chi connectivity index (χ4v) is 1.33. The van der Waals surface area contributed by atoms with Crippen molar-refractivity contribution in [1.82, 2.24) is 0 Å². The number of ether oxygens (including phenoxy) is 1. The molecule has 2 heteroatoms. The molecule has 0 bridgehead atoms. The van der Waals surface area contributed by atoms with E-state index in [0.29, 0.717) is 6.61 Å². The molecule has 0 aliphatic rings. The zero-order valence-corrected chi connectivity index (χ0v) is 9.06. The Hall–Kier alpha value is -1.28. The van der Waals surface area contributed by atoms with Crippen LogP contribution in [0.5, 0.6) is 5.75 Å². The SMILES string of the molecule is C=CCCCC(N)COc1ccccc1. The van der Waals surface area contributed by atoms with Gasteiger partial charge in [-0.15, -0.1) is 6.58 Å². The minimum atomic E-state index is 0.116. The molecule has 0 amide bonds. The fourth-order valence-electron chi connectivity index (χ4n) is 1.33. The molecule has 0 heterocycles. The standard InChI is InChI=1S/C13H19NO/c1-2-3-5-8-12(14)11-15-13-9-6-4-7-10-13/h2,4,6-7,9-10,12H,1,3,5,8,11,14H2. The predicted molar refractivity (Wildman–Crippen MR) is 64.0 cm³/mol. The molecule has 0 saturated heterocycles. The lowest BCUT2D eigenvalue weighted by Crippen LogP contribution is -2.27. The van der Waals surface area contributed by atoms with Crippen molar-refractivity contribution in [2.45, 2.75) is 25.3 Å². The Bertz CT molecular complexity index is 271. The van der Waals surface area contributed by atoms with Crippen LogP contribution in [0.25, 0.3) is 0 Å². The van der Waals surface area contributed by atoms with E-state index in [-0.39, 0.29) is 6.04 Å². The van der Waals surface area contributed by atoms with Crippen LogP contribution >= 0.6 is 0 Å². The number of benzene rings is 1. The summed E-state index contributed by atoms with van der Waals surface area (Å²) < 4.78 is 5.55. The maximum atomic E-state index is 5.90. The molecule has 1 atom stereocenters. The highest BCUT2D eigenvalue weighted by Crippen LogP contribution is 2.09. The van der Waals surface area contributed by atoms with Crippen molar-refractivity contribution in [3.63, 3.8) is 0 Å². The van der Waals surface area contributed by atoms with Crippen molar-refractivity contribution in [2.24, 2.45) is 5.73 Å². The summed E-state index contributed by atoms with van der Waals surface area (Å²) in [5, 5.41) is 0. The highest BCUT2D eigenvalue weighted by molar-refractivity contribution is 5.20. The summed E-state index contributed by atoms with van der Waals surface area (Å²) in [4.78, 5) is 0. The number of unbranched alkanes of at least 4 members (excludes halogenated alkanes) is 1. The highest BCUT2D eigenvalue weighted by Gasteiger charge is 2.02. The van der Waals surface area contributed by atoms with Crippen molar-refractivity contribution in [3.8, 4) is 5.75 Å². The van der Waals surface area contributed by atoms with Gasteiger partial charge in [-0.2, -0.15) is 0 Å². The molecule has 0 spiro atoms. The van der Waals surface area contributed by atoms with Crippen molar-refractivity contribution in [2.75, 3.05) is 6.61 Å². The number of para-hydroxylation sites is 1. The maximum Gasteiger partial charge on any atom is 0.119 e. The Morgan fingerprint density at radius 2 is 2.07 bits per heavy atom. The van der Waals surface area contributed by atoms with Gasteiger partial charge in [0.2, 0.25) is 0 Å². The molecule has 1 unspecified atom stereocenters. The second kappa shape index (κ2) is 7.07. The Balaban J connectivity index is 2.16. The average molecular weight is 205 g/mol. The van der Waals surface area contributed by atoms with Crippen LogP contribution in [0, 0.1) is 0 Å². The van der Waals surface area contributed by atoms with Gasteiger partial charge in [0, 0.05) is 6.04 Å². The summed E-state index contributed by atoms with van der Waals surface area (Å²) in [6.07, 6.45) is 5.02. The lowest BCUT2D eigenvalue weighted by atomic mass is 10.1. The predicted octanol–water partition coefficient (Wildman–Crippen LogP) is 2.75. The molecule has 0 radical (unpaired) electrons. The maximum absolute atomic E-state index is 5.90. The van der Waals surface area contributed by atoms with Crippen LogP contribution in [0.3, 0.4) is 0 Å². The van der Waals surface area contributed by atoms with E-state index in [9.17, 15) is 0 Å². The second-order valence-corrected chi connectivity index (χ2v) is 3.60. The quantitative estimate of drug-likeness (QED) is 0.548. The van der Waals surface area contributed by atoms with E-state index >= 15 is 0 Å². The number of nitrogens with two attached hydrogens (primary N) is 1. The average Bonchev–Trinajstić information content (AvgIpc) is 2.28. The second-order valence-electron chi connectivity index (χ2n) is 3.60. The third kappa shape index (κ3) is 5.23. The molecule has 2 nitrogen and oxygen atoms in total. The van der Waals surface area contributed by atoms with Gasteiger partial charge in [0.15, 0.2) is 0 Å². The fraction of sp³-hybridized carbons (Fsp3) is 0.385. The highest BCUT2D eigenvalue weighted by atomic mass is 16.5. The molecule has 15 heavy (non-hydrogen) atoms. The molecule has 0 fully saturated rings. The molecule has 0 aliphatic heterocycles. The van der Waals surface area contributed by atoms with Gasteiger partial charge >= 0.3 is 0 Å². The van der Waals surface area contributed by atoms with Crippen molar-refractivity contribution in [1.29, 1.82) is 0 Å². The normalized spacial score (nSPS) is 12.1. The van der Waals surface area contributed by atoms with Gasteiger partial charge < -0.3 is 10.5 Å². The van der Waals surface area contributed by atoms with Crippen LogP contribution in [0.4, 0.5) is 0 Å². The molecular weight excluding hydrogens is 186 g/mol. The lowest BCUT2D eigenvalue weighted by Gasteiger charge is -2.12. The summed E-state index contributed by atoms with van der Waals surface area (Å²) >= 11 is 0. The molecule has 0 aliphatic carbocycles. The van der Waals surface area contributed by atoms with E-state index in [1.807, 2.05) is 36.4 Å². The van der Waals surface area contributed by atoms with E-state index in [1.165, 1.54) is 0 Å². The summed E-state index contributed by atoms with van der Waals surface area (Å²) in [6.45, 7) is 4.26.